The van der Waals surface area contributed by atoms with Gasteiger partial charge in [-0.3, -0.25) is 9.59 Å². The molecule has 0 aliphatic carbocycles. The van der Waals surface area contributed by atoms with E-state index in [1.54, 1.807) is 4.90 Å². The van der Waals surface area contributed by atoms with Gasteiger partial charge < -0.3 is 20.1 Å². The van der Waals surface area contributed by atoms with Crippen molar-refractivity contribution in [1.29, 1.82) is 0 Å². The zero-order valence-electron chi connectivity index (χ0n) is 15.3. The van der Waals surface area contributed by atoms with E-state index in [0.717, 1.165) is 5.69 Å². The van der Waals surface area contributed by atoms with Crippen molar-refractivity contribution >= 4 is 23.5 Å². The summed E-state index contributed by atoms with van der Waals surface area (Å²) in [6.45, 7) is 3.16. The number of benzene rings is 2. The van der Waals surface area contributed by atoms with Crippen LogP contribution in [0.25, 0.3) is 0 Å². The van der Waals surface area contributed by atoms with E-state index in [1.807, 2.05) is 44.2 Å². The molecule has 0 bridgehead atoms. The van der Waals surface area contributed by atoms with Gasteiger partial charge in [-0.15, -0.1) is 0 Å². The first kappa shape index (κ1) is 20.0. The van der Waals surface area contributed by atoms with Gasteiger partial charge in [0.25, 0.3) is 11.8 Å². The number of ether oxygens (including phenoxy) is 2. The Morgan fingerprint density at radius 2 is 1.59 bits per heavy atom. The fourth-order valence-corrected chi connectivity index (χ4v) is 2.44. The molecule has 0 fully saturated rings. The molecule has 2 rings (SSSR count). The van der Waals surface area contributed by atoms with E-state index in [1.165, 1.54) is 24.3 Å². The molecule has 0 aromatic heterocycles. The lowest BCUT2D eigenvalue weighted by atomic mass is 10.2. The SMILES string of the molecule is CC(C)N(C(=O)COC(=O)c1ccc(OCC(N)=O)cc1)c1ccccc1. The second-order valence-corrected chi connectivity index (χ2v) is 6.05. The van der Waals surface area contributed by atoms with Crippen molar-refractivity contribution in [3.05, 3.63) is 60.2 Å². The second kappa shape index (κ2) is 9.38. The predicted octanol–water partition coefficient (Wildman–Crippen LogP) is 2.15. The number of amides is 2. The van der Waals surface area contributed by atoms with Crippen molar-refractivity contribution in [1.82, 2.24) is 0 Å². The fourth-order valence-electron chi connectivity index (χ4n) is 2.44. The van der Waals surface area contributed by atoms with Crippen LogP contribution in [0.3, 0.4) is 0 Å². The summed E-state index contributed by atoms with van der Waals surface area (Å²) in [4.78, 5) is 36.9. The van der Waals surface area contributed by atoms with Crippen molar-refractivity contribution in [2.75, 3.05) is 18.1 Å². The molecule has 0 aliphatic rings. The topological polar surface area (TPSA) is 98.9 Å². The van der Waals surface area contributed by atoms with Crippen LogP contribution in [-0.4, -0.2) is 37.0 Å². The Kier molecular flexibility index (Phi) is 6.93. The van der Waals surface area contributed by atoms with E-state index in [9.17, 15) is 14.4 Å². The minimum Gasteiger partial charge on any atom is -0.484 e. The number of hydrogen-bond acceptors (Lipinski definition) is 5. The molecule has 2 aromatic rings. The molecule has 0 heterocycles. The van der Waals surface area contributed by atoms with Gasteiger partial charge in [0, 0.05) is 11.7 Å². The van der Waals surface area contributed by atoms with Crippen LogP contribution in [-0.2, 0) is 14.3 Å². The van der Waals surface area contributed by atoms with Crippen LogP contribution in [0, 0.1) is 0 Å². The second-order valence-electron chi connectivity index (χ2n) is 6.05. The minimum atomic E-state index is -0.624. The molecular weight excluding hydrogens is 348 g/mol. The van der Waals surface area contributed by atoms with E-state index >= 15 is 0 Å². The summed E-state index contributed by atoms with van der Waals surface area (Å²) in [7, 11) is 0. The zero-order chi connectivity index (χ0) is 19.8. The van der Waals surface area contributed by atoms with Crippen molar-refractivity contribution in [3.63, 3.8) is 0 Å². The first-order valence-electron chi connectivity index (χ1n) is 8.44. The number of hydrogen-bond donors (Lipinski definition) is 1. The Balaban J connectivity index is 1.95. The molecule has 0 saturated heterocycles. The third-order valence-corrected chi connectivity index (χ3v) is 3.62. The number of nitrogens with two attached hydrogens (primary N) is 1. The van der Waals surface area contributed by atoms with Crippen LogP contribution < -0.4 is 15.4 Å². The van der Waals surface area contributed by atoms with E-state index in [0.29, 0.717) is 5.75 Å². The lowest BCUT2D eigenvalue weighted by Crippen LogP contribution is -2.39. The van der Waals surface area contributed by atoms with Crippen LogP contribution in [0.4, 0.5) is 5.69 Å². The summed E-state index contributed by atoms with van der Waals surface area (Å²) in [5, 5.41) is 0. The molecule has 7 nitrogen and oxygen atoms in total. The zero-order valence-corrected chi connectivity index (χ0v) is 15.3. The molecular formula is C20H22N2O5. The first-order valence-corrected chi connectivity index (χ1v) is 8.44. The molecule has 0 unspecified atom stereocenters. The molecule has 2 N–H and O–H groups in total. The smallest absolute Gasteiger partial charge is 0.338 e. The number of rotatable bonds is 8. The normalized spacial score (nSPS) is 10.3. The summed E-state index contributed by atoms with van der Waals surface area (Å²) in [5.74, 6) is -1.13. The van der Waals surface area contributed by atoms with Gasteiger partial charge in [-0.1, -0.05) is 18.2 Å². The molecule has 2 aromatic carbocycles. The summed E-state index contributed by atoms with van der Waals surface area (Å²) < 4.78 is 10.3. The van der Waals surface area contributed by atoms with Gasteiger partial charge in [0.2, 0.25) is 0 Å². The number of nitrogens with zero attached hydrogens (tertiary/aromatic N) is 1. The quantitative estimate of drug-likeness (QED) is 0.718. The number of para-hydroxylation sites is 1. The third kappa shape index (κ3) is 5.85. The fraction of sp³-hybridized carbons (Fsp3) is 0.250. The summed E-state index contributed by atoms with van der Waals surface area (Å²) in [6, 6.07) is 15.1. The molecule has 0 spiro atoms. The molecule has 7 heteroatoms. The Bertz CT molecular complexity index is 788. The van der Waals surface area contributed by atoms with Gasteiger partial charge in [-0.25, -0.2) is 4.79 Å². The maximum atomic E-state index is 12.5. The van der Waals surface area contributed by atoms with Crippen LogP contribution in [0.1, 0.15) is 24.2 Å². The highest BCUT2D eigenvalue weighted by atomic mass is 16.5. The predicted molar refractivity (Wildman–Crippen MR) is 100 cm³/mol. The number of esters is 1. The molecule has 142 valence electrons. The third-order valence-electron chi connectivity index (χ3n) is 3.62. The monoisotopic (exact) mass is 370 g/mol. The number of primary amides is 1. The molecule has 0 radical (unpaired) electrons. The van der Waals surface area contributed by atoms with E-state index in [2.05, 4.69) is 0 Å². The average molecular weight is 370 g/mol. The highest BCUT2D eigenvalue weighted by molar-refractivity contribution is 5.97. The van der Waals surface area contributed by atoms with Crippen molar-refractivity contribution in [2.24, 2.45) is 5.73 Å². The van der Waals surface area contributed by atoms with Gasteiger partial charge in [0.05, 0.1) is 5.56 Å². The Morgan fingerprint density at radius 3 is 2.15 bits per heavy atom. The van der Waals surface area contributed by atoms with Gasteiger partial charge in [0.1, 0.15) is 5.75 Å². The standard InChI is InChI=1S/C20H22N2O5/c1-14(2)22(16-6-4-3-5-7-16)19(24)13-27-20(25)15-8-10-17(11-9-15)26-12-18(21)23/h3-11,14H,12-13H2,1-2H3,(H2,21,23). The lowest BCUT2D eigenvalue weighted by Gasteiger charge is -2.26. The van der Waals surface area contributed by atoms with E-state index < -0.39 is 11.9 Å². The molecule has 27 heavy (non-hydrogen) atoms. The van der Waals surface area contributed by atoms with E-state index in [-0.39, 0.29) is 30.7 Å². The largest absolute Gasteiger partial charge is 0.484 e. The van der Waals surface area contributed by atoms with Crippen LogP contribution in [0.15, 0.2) is 54.6 Å². The number of carbonyl (C=O) groups excluding carboxylic acids is 3. The number of anilines is 1. The lowest BCUT2D eigenvalue weighted by molar-refractivity contribution is -0.122. The molecule has 0 saturated carbocycles. The highest BCUT2D eigenvalue weighted by Gasteiger charge is 2.20. The maximum Gasteiger partial charge on any atom is 0.338 e. The van der Waals surface area contributed by atoms with Crippen LogP contribution >= 0.6 is 0 Å². The highest BCUT2D eigenvalue weighted by Crippen LogP contribution is 2.17. The molecule has 0 atom stereocenters. The van der Waals surface area contributed by atoms with Crippen LogP contribution in [0.2, 0.25) is 0 Å². The summed E-state index contributed by atoms with van der Waals surface area (Å²) in [6.07, 6.45) is 0. The van der Waals surface area contributed by atoms with E-state index in [4.69, 9.17) is 15.2 Å². The molecule has 2 amide bonds. The molecule has 0 aliphatic heterocycles. The summed E-state index contributed by atoms with van der Waals surface area (Å²) >= 11 is 0. The van der Waals surface area contributed by atoms with Gasteiger partial charge >= 0.3 is 5.97 Å². The van der Waals surface area contributed by atoms with Gasteiger partial charge in [-0.05, 0) is 50.2 Å². The average Bonchev–Trinajstić information content (AvgIpc) is 2.65. The Hall–Kier alpha value is -3.35. The van der Waals surface area contributed by atoms with Gasteiger partial charge in [0.15, 0.2) is 13.2 Å². The Labute approximate surface area is 157 Å². The minimum absolute atomic E-state index is 0.0831. The van der Waals surface area contributed by atoms with Crippen molar-refractivity contribution in [3.8, 4) is 5.75 Å². The first-order chi connectivity index (χ1) is 12.9. The van der Waals surface area contributed by atoms with Crippen molar-refractivity contribution in [2.45, 2.75) is 19.9 Å². The van der Waals surface area contributed by atoms with Gasteiger partial charge in [-0.2, -0.15) is 0 Å². The number of carbonyl (C=O) groups is 3. The van der Waals surface area contributed by atoms with Crippen LogP contribution in [0.5, 0.6) is 5.75 Å². The Morgan fingerprint density at radius 1 is 0.963 bits per heavy atom. The van der Waals surface area contributed by atoms with Crippen molar-refractivity contribution < 1.29 is 23.9 Å². The maximum absolute atomic E-state index is 12.5. The summed E-state index contributed by atoms with van der Waals surface area (Å²) in [5.41, 5.74) is 6.01.